The second-order valence-electron chi connectivity index (χ2n) is 5.70. The number of pyridine rings is 1. The SMILES string of the molecule is CN=C(NCCNC(=O)c1cccnc1)N(C)CCOc1ccc(Cl)cc1. The Kier molecular flexibility index (Phi) is 8.38. The maximum Gasteiger partial charge on any atom is 0.252 e. The summed E-state index contributed by atoms with van der Waals surface area (Å²) in [5, 5.41) is 6.72. The molecule has 0 radical (unpaired) electrons. The van der Waals surface area contributed by atoms with Gasteiger partial charge in [0.1, 0.15) is 12.4 Å². The highest BCUT2D eigenvalue weighted by molar-refractivity contribution is 6.30. The first-order chi connectivity index (χ1) is 13.1. The van der Waals surface area contributed by atoms with Crippen molar-refractivity contribution in [3.8, 4) is 5.75 Å². The Hall–Kier alpha value is -2.80. The van der Waals surface area contributed by atoms with Crippen molar-refractivity contribution in [3.05, 3.63) is 59.4 Å². The second kappa shape index (κ2) is 11.0. The molecule has 0 aliphatic heterocycles. The third kappa shape index (κ3) is 7.15. The molecule has 7 nitrogen and oxygen atoms in total. The number of rotatable bonds is 8. The van der Waals surface area contributed by atoms with Crippen LogP contribution in [0.4, 0.5) is 0 Å². The minimum absolute atomic E-state index is 0.149. The molecule has 8 heteroatoms. The fourth-order valence-corrected chi connectivity index (χ4v) is 2.40. The van der Waals surface area contributed by atoms with E-state index < -0.39 is 0 Å². The van der Waals surface area contributed by atoms with Gasteiger partial charge < -0.3 is 20.3 Å². The number of hydrogen-bond donors (Lipinski definition) is 2. The summed E-state index contributed by atoms with van der Waals surface area (Å²) in [5.41, 5.74) is 0.540. The number of likely N-dealkylation sites (N-methyl/N-ethyl adjacent to an activating group) is 1. The van der Waals surface area contributed by atoms with Gasteiger partial charge in [-0.15, -0.1) is 0 Å². The van der Waals surface area contributed by atoms with Crippen molar-refractivity contribution in [2.75, 3.05) is 40.3 Å². The number of carbonyl (C=O) groups is 1. The summed E-state index contributed by atoms with van der Waals surface area (Å²) in [4.78, 5) is 22.1. The van der Waals surface area contributed by atoms with Gasteiger partial charge in [-0.3, -0.25) is 14.8 Å². The van der Waals surface area contributed by atoms with Crippen LogP contribution < -0.4 is 15.4 Å². The van der Waals surface area contributed by atoms with Gasteiger partial charge >= 0.3 is 0 Å². The number of guanidine groups is 1. The number of carbonyl (C=O) groups excluding carboxylic acids is 1. The van der Waals surface area contributed by atoms with E-state index in [1.54, 1.807) is 37.5 Å². The Bertz CT molecular complexity index is 738. The van der Waals surface area contributed by atoms with E-state index in [1.807, 2.05) is 24.1 Å². The van der Waals surface area contributed by atoms with Gasteiger partial charge in [-0.1, -0.05) is 11.6 Å². The van der Waals surface area contributed by atoms with Crippen molar-refractivity contribution >= 4 is 23.5 Å². The van der Waals surface area contributed by atoms with Crippen molar-refractivity contribution in [2.24, 2.45) is 4.99 Å². The molecule has 27 heavy (non-hydrogen) atoms. The average Bonchev–Trinajstić information content (AvgIpc) is 2.70. The summed E-state index contributed by atoms with van der Waals surface area (Å²) in [5.74, 6) is 1.35. The topological polar surface area (TPSA) is 78.8 Å². The third-order valence-electron chi connectivity index (χ3n) is 3.70. The van der Waals surface area contributed by atoms with Gasteiger partial charge in [-0.05, 0) is 36.4 Å². The fourth-order valence-electron chi connectivity index (χ4n) is 2.27. The molecule has 2 aromatic rings. The lowest BCUT2D eigenvalue weighted by Crippen LogP contribution is -2.43. The van der Waals surface area contributed by atoms with Gasteiger partial charge in [-0.25, -0.2) is 0 Å². The Labute approximate surface area is 164 Å². The molecular weight excluding hydrogens is 366 g/mol. The third-order valence-corrected chi connectivity index (χ3v) is 3.95. The van der Waals surface area contributed by atoms with Crippen LogP contribution in [0.25, 0.3) is 0 Å². The van der Waals surface area contributed by atoms with Crippen LogP contribution in [0.1, 0.15) is 10.4 Å². The number of amides is 1. The van der Waals surface area contributed by atoms with Crippen LogP contribution in [-0.2, 0) is 0 Å². The van der Waals surface area contributed by atoms with E-state index in [-0.39, 0.29) is 5.91 Å². The van der Waals surface area contributed by atoms with Crippen LogP contribution in [-0.4, -0.2) is 62.1 Å². The highest BCUT2D eigenvalue weighted by Crippen LogP contribution is 2.15. The van der Waals surface area contributed by atoms with E-state index in [1.165, 1.54) is 6.20 Å². The summed E-state index contributed by atoms with van der Waals surface area (Å²) in [6.07, 6.45) is 3.17. The number of nitrogens with zero attached hydrogens (tertiary/aromatic N) is 3. The van der Waals surface area contributed by atoms with E-state index in [9.17, 15) is 4.79 Å². The lowest BCUT2D eigenvalue weighted by atomic mass is 10.3. The number of nitrogens with one attached hydrogen (secondary N) is 2. The smallest absolute Gasteiger partial charge is 0.252 e. The molecule has 0 aliphatic carbocycles. The van der Waals surface area contributed by atoms with Crippen LogP contribution >= 0.6 is 11.6 Å². The molecule has 2 N–H and O–H groups in total. The second-order valence-corrected chi connectivity index (χ2v) is 6.13. The Morgan fingerprint density at radius 3 is 2.63 bits per heavy atom. The number of halogens is 1. The quantitative estimate of drug-likeness (QED) is 0.410. The minimum atomic E-state index is -0.149. The maximum atomic E-state index is 11.9. The first-order valence-electron chi connectivity index (χ1n) is 8.58. The standard InChI is InChI=1S/C19H24ClN5O2/c1-21-19(24-11-10-23-18(26)15-4-3-9-22-14-15)25(2)12-13-27-17-7-5-16(20)6-8-17/h3-9,14H,10-13H2,1-2H3,(H,21,24)(H,23,26). The summed E-state index contributed by atoms with van der Waals surface area (Å²) >= 11 is 5.85. The summed E-state index contributed by atoms with van der Waals surface area (Å²) in [7, 11) is 3.64. The minimum Gasteiger partial charge on any atom is -0.492 e. The molecule has 0 saturated heterocycles. The predicted octanol–water partition coefficient (Wildman–Crippen LogP) is 2.05. The van der Waals surface area contributed by atoms with Gasteiger partial charge in [0.25, 0.3) is 5.91 Å². The molecular formula is C19H24ClN5O2. The molecule has 0 fully saturated rings. The van der Waals surface area contributed by atoms with Crippen molar-refractivity contribution in [1.29, 1.82) is 0 Å². The zero-order chi connectivity index (χ0) is 19.5. The number of ether oxygens (including phenoxy) is 1. The molecule has 1 aromatic carbocycles. The van der Waals surface area contributed by atoms with Crippen LogP contribution in [0.3, 0.4) is 0 Å². The van der Waals surface area contributed by atoms with Crippen LogP contribution in [0.15, 0.2) is 53.8 Å². The molecule has 1 amide bonds. The highest BCUT2D eigenvalue weighted by Gasteiger charge is 2.07. The molecule has 1 heterocycles. The molecule has 2 rings (SSSR count). The molecule has 1 aromatic heterocycles. The molecule has 0 atom stereocenters. The Morgan fingerprint density at radius 2 is 1.96 bits per heavy atom. The monoisotopic (exact) mass is 389 g/mol. The predicted molar refractivity (Wildman–Crippen MR) is 108 cm³/mol. The largest absolute Gasteiger partial charge is 0.492 e. The summed E-state index contributed by atoms with van der Waals surface area (Å²) in [6.45, 7) is 2.20. The van der Waals surface area contributed by atoms with Gasteiger partial charge in [0.15, 0.2) is 5.96 Å². The van der Waals surface area contributed by atoms with Crippen molar-refractivity contribution in [1.82, 2.24) is 20.5 Å². The first kappa shape index (κ1) is 20.5. The Balaban J connectivity index is 1.66. The fraction of sp³-hybridized carbons (Fsp3) is 0.316. The first-order valence-corrected chi connectivity index (χ1v) is 8.96. The van der Waals surface area contributed by atoms with Crippen LogP contribution in [0.2, 0.25) is 5.02 Å². The number of aliphatic imine (C=N–C) groups is 1. The van der Waals surface area contributed by atoms with Gasteiger partial charge in [-0.2, -0.15) is 0 Å². The number of benzene rings is 1. The van der Waals surface area contributed by atoms with E-state index in [0.29, 0.717) is 36.8 Å². The van der Waals surface area contributed by atoms with Gasteiger partial charge in [0.05, 0.1) is 12.1 Å². The lowest BCUT2D eigenvalue weighted by molar-refractivity contribution is 0.0954. The molecule has 0 spiro atoms. The Morgan fingerprint density at radius 1 is 1.22 bits per heavy atom. The normalized spacial score (nSPS) is 11.0. The van der Waals surface area contributed by atoms with Crippen molar-refractivity contribution < 1.29 is 9.53 Å². The lowest BCUT2D eigenvalue weighted by Gasteiger charge is -2.22. The van der Waals surface area contributed by atoms with E-state index >= 15 is 0 Å². The van der Waals surface area contributed by atoms with Crippen molar-refractivity contribution in [3.63, 3.8) is 0 Å². The van der Waals surface area contributed by atoms with Gasteiger partial charge in [0, 0.05) is 44.6 Å². The van der Waals surface area contributed by atoms with E-state index in [4.69, 9.17) is 16.3 Å². The summed E-state index contributed by atoms with van der Waals surface area (Å²) < 4.78 is 5.69. The molecule has 0 saturated carbocycles. The zero-order valence-corrected chi connectivity index (χ0v) is 16.2. The highest BCUT2D eigenvalue weighted by atomic mass is 35.5. The van der Waals surface area contributed by atoms with E-state index in [0.717, 1.165) is 11.7 Å². The zero-order valence-electron chi connectivity index (χ0n) is 15.5. The average molecular weight is 390 g/mol. The molecule has 0 bridgehead atoms. The number of hydrogen-bond acceptors (Lipinski definition) is 4. The maximum absolute atomic E-state index is 11.9. The summed E-state index contributed by atoms with van der Waals surface area (Å²) in [6, 6.07) is 10.7. The van der Waals surface area contributed by atoms with E-state index in [2.05, 4.69) is 20.6 Å². The van der Waals surface area contributed by atoms with Crippen molar-refractivity contribution in [2.45, 2.75) is 0 Å². The molecule has 144 valence electrons. The number of aromatic nitrogens is 1. The molecule has 0 aliphatic rings. The van der Waals surface area contributed by atoms with Crippen LogP contribution in [0.5, 0.6) is 5.75 Å². The molecule has 0 unspecified atom stereocenters. The van der Waals surface area contributed by atoms with Crippen LogP contribution in [0, 0.1) is 0 Å². The van der Waals surface area contributed by atoms with Gasteiger partial charge in [0.2, 0.25) is 0 Å².